The van der Waals surface area contributed by atoms with Gasteiger partial charge in [0.25, 0.3) is 0 Å². The molecule has 0 radical (unpaired) electrons. The number of nitrogens with one attached hydrogen (secondary N) is 2. The summed E-state index contributed by atoms with van der Waals surface area (Å²) in [6.07, 6.45) is 3.07. The number of hydrogen-bond donors (Lipinski definition) is 2. The molecular weight excluding hydrogens is 316 g/mol. The van der Waals surface area contributed by atoms with Gasteiger partial charge in [-0.05, 0) is 31.9 Å². The van der Waals surface area contributed by atoms with Crippen molar-refractivity contribution in [3.8, 4) is 0 Å². The number of piperazine rings is 1. The molecule has 0 unspecified atom stereocenters. The first-order chi connectivity index (χ1) is 12.1. The number of nitrogens with zero attached hydrogens (tertiary/aromatic N) is 2. The number of amides is 3. The maximum atomic E-state index is 12.6. The Morgan fingerprint density at radius 2 is 2.04 bits per heavy atom. The molecule has 0 bridgehead atoms. The van der Waals surface area contributed by atoms with E-state index in [1.54, 1.807) is 0 Å². The molecule has 2 N–H and O–H groups in total. The van der Waals surface area contributed by atoms with Crippen molar-refractivity contribution in [3.05, 3.63) is 35.9 Å². The normalized spacial score (nSPS) is 24.7. The van der Waals surface area contributed by atoms with Gasteiger partial charge in [-0.25, -0.2) is 4.79 Å². The molecule has 6 heteroatoms. The van der Waals surface area contributed by atoms with Crippen molar-refractivity contribution in [3.63, 3.8) is 0 Å². The zero-order valence-corrected chi connectivity index (χ0v) is 15.0. The smallest absolute Gasteiger partial charge is 0.317 e. The molecule has 2 aliphatic heterocycles. The fourth-order valence-electron chi connectivity index (χ4n) is 3.84. The molecule has 0 aromatic heterocycles. The van der Waals surface area contributed by atoms with Gasteiger partial charge in [-0.3, -0.25) is 9.69 Å². The van der Waals surface area contributed by atoms with E-state index in [2.05, 4.69) is 34.7 Å². The molecule has 3 rings (SSSR count). The summed E-state index contributed by atoms with van der Waals surface area (Å²) in [7, 11) is 2.11. The summed E-state index contributed by atoms with van der Waals surface area (Å²) in [5.41, 5.74) is 1.14. The van der Waals surface area contributed by atoms with E-state index in [4.69, 9.17) is 0 Å². The maximum Gasteiger partial charge on any atom is 0.317 e. The monoisotopic (exact) mass is 344 g/mol. The number of likely N-dealkylation sites (N-methyl/N-ethyl adjacent to an activating group) is 1. The molecule has 2 saturated heterocycles. The van der Waals surface area contributed by atoms with Gasteiger partial charge in [0.05, 0.1) is 0 Å². The molecular formula is C19H28N4O2. The number of benzene rings is 1. The quantitative estimate of drug-likeness (QED) is 0.867. The van der Waals surface area contributed by atoms with E-state index in [0.29, 0.717) is 26.1 Å². The number of carbonyl (C=O) groups is 2. The molecule has 6 nitrogen and oxygen atoms in total. The summed E-state index contributed by atoms with van der Waals surface area (Å²) in [5, 5.41) is 6.00. The Bertz CT molecular complexity index is 607. The van der Waals surface area contributed by atoms with Gasteiger partial charge in [0, 0.05) is 44.7 Å². The van der Waals surface area contributed by atoms with E-state index in [1.807, 2.05) is 23.1 Å². The van der Waals surface area contributed by atoms with E-state index < -0.39 is 0 Å². The van der Waals surface area contributed by atoms with Crippen LogP contribution in [0.2, 0.25) is 0 Å². The minimum atomic E-state index is -0.0891. The Morgan fingerprint density at radius 1 is 1.24 bits per heavy atom. The Labute approximate surface area is 149 Å². The van der Waals surface area contributed by atoms with E-state index in [1.165, 1.54) is 5.56 Å². The maximum absolute atomic E-state index is 12.6. The average Bonchev–Trinajstić information content (AvgIpc) is 2.81. The molecule has 25 heavy (non-hydrogen) atoms. The third kappa shape index (κ3) is 4.31. The van der Waals surface area contributed by atoms with Crippen LogP contribution in [0.25, 0.3) is 0 Å². The molecule has 0 aliphatic carbocycles. The fourth-order valence-corrected chi connectivity index (χ4v) is 3.84. The van der Waals surface area contributed by atoms with Gasteiger partial charge in [0.1, 0.15) is 0 Å². The highest BCUT2D eigenvalue weighted by Gasteiger charge is 2.42. The largest absolute Gasteiger partial charge is 0.356 e. The minimum absolute atomic E-state index is 0.00642. The van der Waals surface area contributed by atoms with Gasteiger partial charge < -0.3 is 15.5 Å². The Morgan fingerprint density at radius 3 is 2.84 bits per heavy atom. The second-order valence-electron chi connectivity index (χ2n) is 7.13. The number of hydrogen-bond acceptors (Lipinski definition) is 3. The van der Waals surface area contributed by atoms with Crippen LogP contribution in [0.1, 0.15) is 24.8 Å². The van der Waals surface area contributed by atoms with Crippen LogP contribution in [0, 0.1) is 0 Å². The minimum Gasteiger partial charge on any atom is -0.356 e. The molecule has 136 valence electrons. The van der Waals surface area contributed by atoms with Gasteiger partial charge >= 0.3 is 6.03 Å². The standard InChI is InChI=1S/C19H28N4O2/c1-22-13-14-23(15-19(22)9-7-17(24)20-12-10-19)18(25)21-11-8-16-5-3-2-4-6-16/h2-6H,7-15H2,1H3,(H,20,24)(H,21,25)/t19-/m1/s1. The summed E-state index contributed by atoms with van der Waals surface area (Å²) < 4.78 is 0. The lowest BCUT2D eigenvalue weighted by atomic mass is 9.86. The predicted molar refractivity (Wildman–Crippen MR) is 97.3 cm³/mol. The lowest BCUT2D eigenvalue weighted by Gasteiger charge is -2.49. The molecule has 2 heterocycles. The second kappa shape index (κ2) is 7.87. The van der Waals surface area contributed by atoms with Gasteiger partial charge in [-0.2, -0.15) is 0 Å². The first kappa shape index (κ1) is 17.7. The molecule has 1 atom stereocenters. The van der Waals surface area contributed by atoms with Crippen LogP contribution < -0.4 is 10.6 Å². The fraction of sp³-hybridized carbons (Fsp3) is 0.579. The van der Waals surface area contributed by atoms with E-state index in [-0.39, 0.29) is 17.5 Å². The highest BCUT2D eigenvalue weighted by Crippen LogP contribution is 2.30. The lowest BCUT2D eigenvalue weighted by Crippen LogP contribution is -2.63. The Balaban J connectivity index is 1.55. The third-order valence-corrected chi connectivity index (χ3v) is 5.55. The molecule has 1 aromatic carbocycles. The lowest BCUT2D eigenvalue weighted by molar-refractivity contribution is -0.121. The van der Waals surface area contributed by atoms with Crippen LogP contribution in [0.3, 0.4) is 0 Å². The SMILES string of the molecule is CN1CCN(C(=O)NCCc2ccccc2)C[C@@]12CCNC(=O)CC2. The summed E-state index contributed by atoms with van der Waals surface area (Å²) in [4.78, 5) is 28.5. The second-order valence-corrected chi connectivity index (χ2v) is 7.13. The highest BCUT2D eigenvalue weighted by molar-refractivity contribution is 5.76. The van der Waals surface area contributed by atoms with Crippen molar-refractivity contribution in [2.45, 2.75) is 31.2 Å². The van der Waals surface area contributed by atoms with Crippen LogP contribution in [0.4, 0.5) is 4.79 Å². The van der Waals surface area contributed by atoms with Crippen LogP contribution >= 0.6 is 0 Å². The third-order valence-electron chi connectivity index (χ3n) is 5.55. The first-order valence-corrected chi connectivity index (χ1v) is 9.14. The van der Waals surface area contributed by atoms with Gasteiger partial charge in [0.15, 0.2) is 0 Å². The van der Waals surface area contributed by atoms with E-state index in [9.17, 15) is 9.59 Å². The van der Waals surface area contributed by atoms with Crippen molar-refractivity contribution in [2.75, 3.05) is 39.8 Å². The van der Waals surface area contributed by atoms with Crippen molar-refractivity contribution in [2.24, 2.45) is 0 Å². The molecule has 2 aliphatic rings. The zero-order chi connectivity index (χ0) is 17.7. The van der Waals surface area contributed by atoms with E-state index in [0.717, 1.165) is 32.4 Å². The topological polar surface area (TPSA) is 64.7 Å². The van der Waals surface area contributed by atoms with Crippen LogP contribution in [-0.4, -0.2) is 67.0 Å². The van der Waals surface area contributed by atoms with Crippen LogP contribution in [0.15, 0.2) is 30.3 Å². The zero-order valence-electron chi connectivity index (χ0n) is 15.0. The van der Waals surface area contributed by atoms with Crippen molar-refractivity contribution in [1.82, 2.24) is 20.4 Å². The summed E-state index contributed by atoms with van der Waals surface area (Å²) in [6.45, 7) is 3.60. The molecule has 1 spiro atoms. The summed E-state index contributed by atoms with van der Waals surface area (Å²) >= 11 is 0. The molecule has 2 fully saturated rings. The van der Waals surface area contributed by atoms with E-state index >= 15 is 0 Å². The van der Waals surface area contributed by atoms with Crippen molar-refractivity contribution in [1.29, 1.82) is 0 Å². The van der Waals surface area contributed by atoms with Crippen molar-refractivity contribution >= 4 is 11.9 Å². The molecule has 1 aromatic rings. The molecule has 0 saturated carbocycles. The van der Waals surface area contributed by atoms with Crippen LogP contribution in [0.5, 0.6) is 0 Å². The predicted octanol–water partition coefficient (Wildman–Crippen LogP) is 1.22. The summed E-state index contributed by atoms with van der Waals surface area (Å²) in [5.74, 6) is 0.120. The van der Waals surface area contributed by atoms with Gasteiger partial charge in [0.2, 0.25) is 5.91 Å². The summed E-state index contributed by atoms with van der Waals surface area (Å²) in [6, 6.07) is 10.2. The van der Waals surface area contributed by atoms with Gasteiger partial charge in [-0.15, -0.1) is 0 Å². The van der Waals surface area contributed by atoms with Crippen LogP contribution in [-0.2, 0) is 11.2 Å². The Kier molecular flexibility index (Phi) is 5.58. The number of carbonyl (C=O) groups excluding carboxylic acids is 2. The molecule has 3 amide bonds. The number of urea groups is 1. The Hall–Kier alpha value is -2.08. The van der Waals surface area contributed by atoms with Crippen molar-refractivity contribution < 1.29 is 9.59 Å². The van der Waals surface area contributed by atoms with Gasteiger partial charge in [-0.1, -0.05) is 30.3 Å². The first-order valence-electron chi connectivity index (χ1n) is 9.14. The highest BCUT2D eigenvalue weighted by atomic mass is 16.2. The average molecular weight is 344 g/mol. The number of rotatable bonds is 3.